The van der Waals surface area contributed by atoms with Gasteiger partial charge in [-0.2, -0.15) is 0 Å². The Labute approximate surface area is 98.3 Å². The topological polar surface area (TPSA) is 41.6 Å². The monoisotopic (exact) mass is 228 g/mol. The third-order valence-corrected chi connectivity index (χ3v) is 3.61. The molecule has 0 bridgehead atoms. The molecule has 16 heavy (non-hydrogen) atoms. The SMILES string of the molecule is COC(C)C(=O)NCC1(C)CCN(C)CC1. The lowest BCUT2D eigenvalue weighted by molar-refractivity contribution is -0.130. The highest BCUT2D eigenvalue weighted by Gasteiger charge is 2.29. The van der Waals surface area contributed by atoms with Crippen LogP contribution < -0.4 is 5.32 Å². The molecule has 4 nitrogen and oxygen atoms in total. The summed E-state index contributed by atoms with van der Waals surface area (Å²) in [6, 6.07) is 0. The molecule has 1 unspecified atom stereocenters. The zero-order valence-corrected chi connectivity index (χ0v) is 10.9. The van der Waals surface area contributed by atoms with Crippen molar-refractivity contribution in [3.05, 3.63) is 0 Å². The second-order valence-electron chi connectivity index (χ2n) is 5.21. The number of nitrogens with zero attached hydrogens (tertiary/aromatic N) is 1. The number of carbonyl (C=O) groups excluding carboxylic acids is 1. The van der Waals surface area contributed by atoms with Crippen LogP contribution in [0.1, 0.15) is 26.7 Å². The van der Waals surface area contributed by atoms with E-state index in [-0.39, 0.29) is 17.4 Å². The lowest BCUT2D eigenvalue weighted by Crippen LogP contribution is -2.45. The van der Waals surface area contributed by atoms with Gasteiger partial charge in [-0.3, -0.25) is 4.79 Å². The van der Waals surface area contributed by atoms with Crippen LogP contribution in [-0.4, -0.2) is 50.7 Å². The van der Waals surface area contributed by atoms with E-state index in [1.807, 2.05) is 0 Å². The van der Waals surface area contributed by atoms with E-state index in [2.05, 4.69) is 24.2 Å². The molecule has 1 N–H and O–H groups in total. The first-order valence-electron chi connectivity index (χ1n) is 5.96. The third kappa shape index (κ3) is 3.76. The maximum absolute atomic E-state index is 11.6. The molecule has 0 aromatic rings. The Bertz CT molecular complexity index is 235. The van der Waals surface area contributed by atoms with Gasteiger partial charge in [-0.25, -0.2) is 0 Å². The lowest BCUT2D eigenvalue weighted by atomic mass is 9.80. The van der Waals surface area contributed by atoms with Gasteiger partial charge in [-0.15, -0.1) is 0 Å². The Morgan fingerprint density at radius 1 is 1.50 bits per heavy atom. The van der Waals surface area contributed by atoms with Crippen molar-refractivity contribution in [1.82, 2.24) is 10.2 Å². The molecule has 1 rings (SSSR count). The summed E-state index contributed by atoms with van der Waals surface area (Å²) in [6.07, 6.45) is 1.94. The Kier molecular flexibility index (Phi) is 4.74. The number of piperidine rings is 1. The summed E-state index contributed by atoms with van der Waals surface area (Å²) in [7, 11) is 3.70. The number of rotatable bonds is 4. The fourth-order valence-electron chi connectivity index (χ4n) is 1.89. The summed E-state index contributed by atoms with van der Waals surface area (Å²) >= 11 is 0. The first-order chi connectivity index (χ1) is 7.47. The van der Waals surface area contributed by atoms with Crippen molar-refractivity contribution in [2.45, 2.75) is 32.8 Å². The van der Waals surface area contributed by atoms with Crippen molar-refractivity contribution < 1.29 is 9.53 Å². The molecule has 1 heterocycles. The first kappa shape index (κ1) is 13.5. The normalized spacial score (nSPS) is 22.8. The molecule has 1 atom stereocenters. The quantitative estimate of drug-likeness (QED) is 0.776. The molecule has 94 valence electrons. The number of hydrogen-bond acceptors (Lipinski definition) is 3. The van der Waals surface area contributed by atoms with Crippen LogP contribution in [0.15, 0.2) is 0 Å². The van der Waals surface area contributed by atoms with Gasteiger partial charge in [0.1, 0.15) is 6.10 Å². The van der Waals surface area contributed by atoms with Crippen LogP contribution in [0.4, 0.5) is 0 Å². The van der Waals surface area contributed by atoms with Gasteiger partial charge in [0.05, 0.1) is 0 Å². The standard InChI is InChI=1S/C12H24N2O2/c1-10(16-4)11(15)13-9-12(2)5-7-14(3)8-6-12/h10H,5-9H2,1-4H3,(H,13,15). The molecular formula is C12H24N2O2. The van der Waals surface area contributed by atoms with Crippen molar-refractivity contribution >= 4 is 5.91 Å². The largest absolute Gasteiger partial charge is 0.372 e. The third-order valence-electron chi connectivity index (χ3n) is 3.61. The minimum atomic E-state index is -0.352. The van der Waals surface area contributed by atoms with Crippen molar-refractivity contribution in [3.63, 3.8) is 0 Å². The maximum atomic E-state index is 11.6. The van der Waals surface area contributed by atoms with Crippen LogP contribution in [-0.2, 0) is 9.53 Å². The van der Waals surface area contributed by atoms with E-state index in [4.69, 9.17) is 4.74 Å². The molecule has 0 spiro atoms. The average molecular weight is 228 g/mol. The van der Waals surface area contributed by atoms with E-state index in [1.165, 1.54) is 0 Å². The summed E-state index contributed by atoms with van der Waals surface area (Å²) in [5.41, 5.74) is 0.246. The minimum Gasteiger partial charge on any atom is -0.372 e. The molecule has 0 saturated carbocycles. The van der Waals surface area contributed by atoms with Gasteiger partial charge in [-0.1, -0.05) is 6.92 Å². The minimum absolute atomic E-state index is 0.0114. The number of methoxy groups -OCH3 is 1. The molecule has 1 amide bonds. The molecule has 1 fully saturated rings. The van der Waals surface area contributed by atoms with Crippen molar-refractivity contribution in [2.24, 2.45) is 5.41 Å². The van der Waals surface area contributed by atoms with Crippen LogP contribution >= 0.6 is 0 Å². The second kappa shape index (κ2) is 5.64. The van der Waals surface area contributed by atoms with Gasteiger partial charge < -0.3 is 15.0 Å². The molecule has 1 aliphatic heterocycles. The van der Waals surface area contributed by atoms with Crippen molar-refractivity contribution in [3.8, 4) is 0 Å². The van der Waals surface area contributed by atoms with E-state index in [1.54, 1.807) is 14.0 Å². The summed E-state index contributed by atoms with van der Waals surface area (Å²) in [6.45, 7) is 7.01. The highest BCUT2D eigenvalue weighted by molar-refractivity contribution is 5.80. The Morgan fingerprint density at radius 2 is 2.06 bits per heavy atom. The zero-order chi connectivity index (χ0) is 12.2. The smallest absolute Gasteiger partial charge is 0.248 e. The van der Waals surface area contributed by atoms with Crippen LogP contribution in [0.2, 0.25) is 0 Å². The van der Waals surface area contributed by atoms with Crippen molar-refractivity contribution in [2.75, 3.05) is 33.8 Å². The number of amides is 1. The predicted octanol–water partition coefficient (Wildman–Crippen LogP) is 0.869. The highest BCUT2D eigenvalue weighted by Crippen LogP contribution is 2.29. The Balaban J connectivity index is 2.34. The zero-order valence-electron chi connectivity index (χ0n) is 10.9. The molecule has 0 aromatic carbocycles. The number of carbonyl (C=O) groups is 1. The van der Waals surface area contributed by atoms with E-state index in [0.717, 1.165) is 32.5 Å². The fraction of sp³-hybridized carbons (Fsp3) is 0.917. The van der Waals surface area contributed by atoms with Gasteiger partial charge in [0, 0.05) is 13.7 Å². The molecule has 0 aromatic heterocycles. The van der Waals surface area contributed by atoms with Gasteiger partial charge in [0.25, 0.3) is 0 Å². The highest BCUT2D eigenvalue weighted by atomic mass is 16.5. The summed E-state index contributed by atoms with van der Waals surface area (Å²) in [4.78, 5) is 13.9. The van der Waals surface area contributed by atoms with Gasteiger partial charge >= 0.3 is 0 Å². The molecule has 0 aliphatic carbocycles. The van der Waals surface area contributed by atoms with Crippen LogP contribution in [0.3, 0.4) is 0 Å². The van der Waals surface area contributed by atoms with Gasteiger partial charge in [0.2, 0.25) is 5.91 Å². The van der Waals surface area contributed by atoms with Gasteiger partial charge in [-0.05, 0) is 45.3 Å². The Hall–Kier alpha value is -0.610. The summed E-state index contributed by atoms with van der Waals surface area (Å²) < 4.78 is 4.98. The number of ether oxygens (including phenoxy) is 1. The number of nitrogens with one attached hydrogen (secondary N) is 1. The van der Waals surface area contributed by atoms with Gasteiger partial charge in [0.15, 0.2) is 0 Å². The lowest BCUT2D eigenvalue weighted by Gasteiger charge is -2.38. The number of likely N-dealkylation sites (tertiary alicyclic amines) is 1. The fourth-order valence-corrected chi connectivity index (χ4v) is 1.89. The van der Waals surface area contributed by atoms with E-state index >= 15 is 0 Å². The first-order valence-corrected chi connectivity index (χ1v) is 5.96. The number of hydrogen-bond donors (Lipinski definition) is 1. The predicted molar refractivity (Wildman–Crippen MR) is 64.3 cm³/mol. The molecular weight excluding hydrogens is 204 g/mol. The van der Waals surface area contributed by atoms with E-state index in [9.17, 15) is 4.79 Å². The molecule has 1 aliphatic rings. The molecule has 1 saturated heterocycles. The summed E-state index contributed by atoms with van der Waals surface area (Å²) in [5, 5.41) is 2.98. The van der Waals surface area contributed by atoms with Crippen LogP contribution in [0.5, 0.6) is 0 Å². The maximum Gasteiger partial charge on any atom is 0.248 e. The second-order valence-corrected chi connectivity index (χ2v) is 5.21. The van der Waals surface area contributed by atoms with E-state index in [0.29, 0.717) is 0 Å². The van der Waals surface area contributed by atoms with Crippen LogP contribution in [0.25, 0.3) is 0 Å². The van der Waals surface area contributed by atoms with Crippen LogP contribution in [0, 0.1) is 5.41 Å². The van der Waals surface area contributed by atoms with Crippen molar-refractivity contribution in [1.29, 1.82) is 0 Å². The molecule has 0 radical (unpaired) electrons. The molecule has 4 heteroatoms. The van der Waals surface area contributed by atoms with E-state index < -0.39 is 0 Å². The Morgan fingerprint density at radius 3 is 2.56 bits per heavy atom. The average Bonchev–Trinajstić information content (AvgIpc) is 2.29. The summed E-state index contributed by atoms with van der Waals surface area (Å²) in [5.74, 6) is -0.0114.